The molecule has 0 aromatic heterocycles. The minimum absolute atomic E-state index is 0.570. The van der Waals surface area contributed by atoms with Gasteiger partial charge in [0.25, 0.3) is 0 Å². The molecule has 0 saturated heterocycles. The summed E-state index contributed by atoms with van der Waals surface area (Å²) in [5.41, 5.74) is 3.40. The van der Waals surface area contributed by atoms with E-state index in [0.717, 1.165) is 23.3 Å². The van der Waals surface area contributed by atoms with E-state index in [0.29, 0.717) is 16.7 Å². The summed E-state index contributed by atoms with van der Waals surface area (Å²) in [5.74, 6) is 0.874. The van der Waals surface area contributed by atoms with E-state index in [2.05, 4.69) is 30.7 Å². The van der Waals surface area contributed by atoms with Crippen molar-refractivity contribution < 1.29 is 4.74 Å². The Bertz CT molecular complexity index is 800. The Morgan fingerprint density at radius 3 is 2.33 bits per heavy atom. The summed E-state index contributed by atoms with van der Waals surface area (Å²) >= 11 is 12.0. The minimum atomic E-state index is 0.570. The van der Waals surface area contributed by atoms with Gasteiger partial charge in [0.2, 0.25) is 0 Å². The maximum Gasteiger partial charge on any atom is 0.120 e. The van der Waals surface area contributed by atoms with Crippen LogP contribution in [0.4, 0.5) is 0 Å². The molecule has 1 radical (unpaired) electrons. The molecule has 1 nitrogen and oxygen atoms in total. The second-order valence-corrected chi connectivity index (χ2v) is 6.32. The molecule has 0 saturated carbocycles. The largest absolute Gasteiger partial charge is 0.489 e. The maximum atomic E-state index is 6.05. The highest BCUT2D eigenvalue weighted by Gasteiger charge is 2.02. The average molecular weight is 356 g/mol. The van der Waals surface area contributed by atoms with Gasteiger partial charge in [-0.15, -0.1) is 0 Å². The minimum Gasteiger partial charge on any atom is -0.489 e. The van der Waals surface area contributed by atoms with E-state index in [1.165, 1.54) is 5.56 Å². The molecular weight excluding hydrogens is 339 g/mol. The second-order valence-electron chi connectivity index (χ2n) is 5.50. The summed E-state index contributed by atoms with van der Waals surface area (Å²) in [5, 5.41) is 1.15. The molecular formula is C21H17Cl2O. The highest BCUT2D eigenvalue weighted by atomic mass is 35.5. The Morgan fingerprint density at radius 2 is 1.54 bits per heavy atom. The van der Waals surface area contributed by atoms with Crippen molar-refractivity contribution in [3.63, 3.8) is 0 Å². The van der Waals surface area contributed by atoms with Crippen LogP contribution >= 0.6 is 23.2 Å². The van der Waals surface area contributed by atoms with Crippen LogP contribution in [0.2, 0.25) is 10.0 Å². The summed E-state index contributed by atoms with van der Waals surface area (Å²) < 4.78 is 5.87. The Kier molecular flexibility index (Phi) is 5.79. The molecule has 121 valence electrons. The smallest absolute Gasteiger partial charge is 0.120 e. The van der Waals surface area contributed by atoms with Crippen molar-refractivity contribution in [2.45, 2.75) is 13.0 Å². The van der Waals surface area contributed by atoms with Gasteiger partial charge in [-0.05, 0) is 53.8 Å². The molecule has 3 aromatic carbocycles. The molecule has 0 bridgehead atoms. The molecule has 3 heteroatoms. The predicted octanol–water partition coefficient (Wildman–Crippen LogP) is 6.37. The van der Waals surface area contributed by atoms with Crippen molar-refractivity contribution in [2.24, 2.45) is 0 Å². The standard InChI is InChI=1S/C21H17Cl2O/c22-20-12-11-17(14-21(20)23)10-9-16-7-4-8-19(13-16)24-15-18-5-2-1-3-6-18/h1-8,10-14H,9,15H2. The predicted molar refractivity (Wildman–Crippen MR) is 101 cm³/mol. The van der Waals surface area contributed by atoms with Crippen LogP contribution in [0.5, 0.6) is 5.75 Å². The number of ether oxygens (including phenoxy) is 1. The first-order chi connectivity index (χ1) is 11.7. The van der Waals surface area contributed by atoms with Gasteiger partial charge in [0.15, 0.2) is 0 Å². The van der Waals surface area contributed by atoms with Crippen molar-refractivity contribution in [2.75, 3.05) is 0 Å². The highest BCUT2D eigenvalue weighted by molar-refractivity contribution is 6.42. The number of rotatable bonds is 6. The van der Waals surface area contributed by atoms with Gasteiger partial charge in [-0.3, -0.25) is 0 Å². The normalized spacial score (nSPS) is 10.6. The number of hydrogen-bond donors (Lipinski definition) is 0. The topological polar surface area (TPSA) is 9.23 Å². The number of hydrogen-bond acceptors (Lipinski definition) is 1. The molecule has 0 amide bonds. The number of halogens is 2. The van der Waals surface area contributed by atoms with Gasteiger partial charge in [-0.1, -0.05) is 71.7 Å². The highest BCUT2D eigenvalue weighted by Crippen LogP contribution is 2.24. The van der Waals surface area contributed by atoms with Gasteiger partial charge in [0, 0.05) is 0 Å². The Labute approximate surface area is 152 Å². The van der Waals surface area contributed by atoms with Crippen LogP contribution in [0, 0.1) is 6.42 Å². The van der Waals surface area contributed by atoms with Crippen LogP contribution in [0.25, 0.3) is 0 Å². The lowest BCUT2D eigenvalue weighted by atomic mass is 10.0. The molecule has 0 unspecified atom stereocenters. The molecule has 0 aliphatic rings. The van der Waals surface area contributed by atoms with E-state index in [1.807, 2.05) is 48.5 Å². The van der Waals surface area contributed by atoms with E-state index in [9.17, 15) is 0 Å². The third-order valence-electron chi connectivity index (χ3n) is 3.66. The van der Waals surface area contributed by atoms with Gasteiger partial charge in [0.05, 0.1) is 10.0 Å². The number of benzene rings is 3. The lowest BCUT2D eigenvalue weighted by Gasteiger charge is -2.08. The van der Waals surface area contributed by atoms with Crippen molar-refractivity contribution in [3.05, 3.63) is 106 Å². The lowest BCUT2D eigenvalue weighted by molar-refractivity contribution is 0.306. The van der Waals surface area contributed by atoms with Gasteiger partial charge in [0.1, 0.15) is 12.4 Å². The van der Waals surface area contributed by atoms with Crippen LogP contribution in [0.15, 0.2) is 72.8 Å². The summed E-state index contributed by atoms with van der Waals surface area (Å²) in [6.07, 6.45) is 2.93. The molecule has 0 heterocycles. The van der Waals surface area contributed by atoms with Crippen molar-refractivity contribution >= 4 is 23.2 Å². The average Bonchev–Trinajstić information content (AvgIpc) is 2.62. The first-order valence-electron chi connectivity index (χ1n) is 7.74. The van der Waals surface area contributed by atoms with Crippen molar-refractivity contribution in [1.82, 2.24) is 0 Å². The zero-order valence-corrected chi connectivity index (χ0v) is 14.6. The van der Waals surface area contributed by atoms with Gasteiger partial charge in [-0.25, -0.2) is 0 Å². The molecule has 0 aliphatic carbocycles. The second kappa shape index (κ2) is 8.23. The third kappa shape index (κ3) is 4.77. The summed E-state index contributed by atoms with van der Waals surface area (Å²) in [4.78, 5) is 0. The Balaban J connectivity index is 1.59. The Morgan fingerprint density at radius 1 is 0.750 bits per heavy atom. The van der Waals surface area contributed by atoms with E-state index < -0.39 is 0 Å². The van der Waals surface area contributed by atoms with Gasteiger partial charge in [-0.2, -0.15) is 0 Å². The van der Waals surface area contributed by atoms with Gasteiger partial charge >= 0.3 is 0 Å². The molecule has 24 heavy (non-hydrogen) atoms. The van der Waals surface area contributed by atoms with Crippen LogP contribution in [-0.4, -0.2) is 0 Å². The van der Waals surface area contributed by atoms with E-state index >= 15 is 0 Å². The van der Waals surface area contributed by atoms with Crippen molar-refractivity contribution in [1.29, 1.82) is 0 Å². The fourth-order valence-corrected chi connectivity index (χ4v) is 2.68. The quantitative estimate of drug-likeness (QED) is 0.499. The van der Waals surface area contributed by atoms with Gasteiger partial charge < -0.3 is 4.74 Å². The first-order valence-corrected chi connectivity index (χ1v) is 8.50. The maximum absolute atomic E-state index is 6.05. The summed E-state index contributed by atoms with van der Waals surface area (Å²) in [6, 6.07) is 23.9. The summed E-state index contributed by atoms with van der Waals surface area (Å²) in [7, 11) is 0. The first kappa shape index (κ1) is 16.9. The van der Waals surface area contributed by atoms with Crippen molar-refractivity contribution in [3.8, 4) is 5.75 Å². The fourth-order valence-electron chi connectivity index (χ4n) is 2.38. The van der Waals surface area contributed by atoms with Crippen LogP contribution < -0.4 is 4.74 Å². The third-order valence-corrected chi connectivity index (χ3v) is 4.40. The lowest BCUT2D eigenvalue weighted by Crippen LogP contribution is -1.96. The van der Waals surface area contributed by atoms with Crippen LogP contribution in [0.3, 0.4) is 0 Å². The monoisotopic (exact) mass is 355 g/mol. The molecule has 3 aromatic rings. The van der Waals surface area contributed by atoms with Crippen LogP contribution in [0.1, 0.15) is 16.7 Å². The van der Waals surface area contributed by atoms with E-state index in [-0.39, 0.29) is 0 Å². The SMILES string of the molecule is Clc1ccc([CH]Cc2cccc(OCc3ccccc3)c2)cc1Cl. The zero-order valence-electron chi connectivity index (χ0n) is 13.1. The molecule has 0 aliphatic heterocycles. The van der Waals surface area contributed by atoms with E-state index in [4.69, 9.17) is 27.9 Å². The summed E-state index contributed by atoms with van der Waals surface area (Å²) in [6.45, 7) is 0.570. The molecule has 0 spiro atoms. The Hall–Kier alpha value is -1.96. The molecule has 0 N–H and O–H groups in total. The molecule has 3 rings (SSSR count). The van der Waals surface area contributed by atoms with Crippen LogP contribution in [-0.2, 0) is 13.0 Å². The molecule has 0 atom stereocenters. The zero-order chi connectivity index (χ0) is 16.8. The van der Waals surface area contributed by atoms with E-state index in [1.54, 1.807) is 0 Å². The molecule has 0 fully saturated rings. The fraction of sp³-hybridized carbons (Fsp3) is 0.0952.